The molecule has 0 atom stereocenters. The van der Waals surface area contributed by atoms with Crippen molar-refractivity contribution < 1.29 is 31.9 Å². The highest BCUT2D eigenvalue weighted by Gasteiger charge is 2.46. The van der Waals surface area contributed by atoms with Gasteiger partial charge in [-0.2, -0.15) is 4.31 Å². The van der Waals surface area contributed by atoms with E-state index < -0.39 is 39.7 Å². The highest BCUT2D eigenvalue weighted by molar-refractivity contribution is 7.89. The molecule has 34 heavy (non-hydrogen) atoms. The monoisotopic (exact) mass is 490 g/mol. The van der Waals surface area contributed by atoms with Crippen molar-refractivity contribution in [2.45, 2.75) is 36.0 Å². The van der Waals surface area contributed by atoms with E-state index in [-0.39, 0.29) is 4.90 Å². The first-order valence-corrected chi connectivity index (χ1v) is 12.7. The predicted molar refractivity (Wildman–Crippen MR) is 122 cm³/mol. The van der Waals surface area contributed by atoms with Gasteiger partial charge in [-0.05, 0) is 43.2 Å². The van der Waals surface area contributed by atoms with Crippen LogP contribution in [0.25, 0.3) is 0 Å². The Kier molecular flexibility index (Phi) is 7.30. The molecule has 0 spiro atoms. The summed E-state index contributed by atoms with van der Waals surface area (Å²) < 4.78 is 51.7. The molecule has 4 rings (SSSR count). The summed E-state index contributed by atoms with van der Waals surface area (Å²) in [7, 11) is -3.63. The number of rotatable bonds is 7. The molecule has 2 aliphatic rings. The maximum atomic E-state index is 14.4. The van der Waals surface area contributed by atoms with Crippen LogP contribution < -0.4 is 5.32 Å². The molecule has 2 fully saturated rings. The molecule has 1 amide bonds. The van der Waals surface area contributed by atoms with E-state index in [2.05, 4.69) is 5.32 Å². The smallest absolute Gasteiger partial charge is 0.317 e. The third-order valence-corrected chi connectivity index (χ3v) is 8.23. The van der Waals surface area contributed by atoms with Crippen molar-refractivity contribution in [3.63, 3.8) is 0 Å². The fourth-order valence-corrected chi connectivity index (χ4v) is 5.93. The van der Waals surface area contributed by atoms with Gasteiger partial charge >= 0.3 is 5.97 Å². The first-order valence-electron chi connectivity index (χ1n) is 11.2. The SMILES string of the molecule is O=C(COC(=O)C1(c2ccccc2F)CCCC1)Nc1ccc(S(=O)(=O)N2CCOCC2)cc1. The number of anilines is 1. The van der Waals surface area contributed by atoms with Crippen molar-refractivity contribution in [2.75, 3.05) is 38.2 Å². The molecule has 182 valence electrons. The summed E-state index contributed by atoms with van der Waals surface area (Å²) in [6.45, 7) is 0.762. The number of morpholine rings is 1. The van der Waals surface area contributed by atoms with Gasteiger partial charge in [0.15, 0.2) is 6.61 Å². The number of hydrogen-bond acceptors (Lipinski definition) is 6. The Morgan fingerprint density at radius 2 is 1.68 bits per heavy atom. The summed E-state index contributed by atoms with van der Waals surface area (Å²) in [6.07, 6.45) is 2.48. The van der Waals surface area contributed by atoms with E-state index in [1.165, 1.54) is 34.6 Å². The Labute approximate surface area is 198 Å². The van der Waals surface area contributed by atoms with Crippen LogP contribution in [0.4, 0.5) is 10.1 Å². The molecule has 0 radical (unpaired) electrons. The van der Waals surface area contributed by atoms with E-state index in [1.54, 1.807) is 18.2 Å². The molecule has 1 N–H and O–H groups in total. The number of benzene rings is 2. The highest BCUT2D eigenvalue weighted by atomic mass is 32.2. The van der Waals surface area contributed by atoms with Crippen LogP contribution in [0.3, 0.4) is 0 Å². The summed E-state index contributed by atoms with van der Waals surface area (Å²) in [4.78, 5) is 25.4. The zero-order chi connectivity index (χ0) is 24.2. The number of ether oxygens (including phenoxy) is 2. The fraction of sp³-hybridized carbons (Fsp3) is 0.417. The van der Waals surface area contributed by atoms with Crippen LogP contribution in [0.1, 0.15) is 31.2 Å². The van der Waals surface area contributed by atoms with Crippen molar-refractivity contribution in [3.8, 4) is 0 Å². The van der Waals surface area contributed by atoms with Crippen LogP contribution in [0.15, 0.2) is 53.4 Å². The lowest BCUT2D eigenvalue weighted by Crippen LogP contribution is -2.40. The Balaban J connectivity index is 1.36. The largest absolute Gasteiger partial charge is 0.455 e. The zero-order valence-electron chi connectivity index (χ0n) is 18.7. The van der Waals surface area contributed by atoms with Gasteiger partial charge in [0.25, 0.3) is 5.91 Å². The molecule has 10 heteroatoms. The van der Waals surface area contributed by atoms with E-state index in [0.717, 1.165) is 12.8 Å². The molecular formula is C24H27FN2O6S. The number of carbonyl (C=O) groups excluding carboxylic acids is 2. The normalized spacial score (nSPS) is 18.4. The lowest BCUT2D eigenvalue weighted by molar-refractivity contribution is -0.153. The van der Waals surface area contributed by atoms with Gasteiger partial charge in [0.05, 0.1) is 23.5 Å². The molecule has 1 saturated heterocycles. The summed E-state index contributed by atoms with van der Waals surface area (Å²) in [5, 5.41) is 2.59. The Morgan fingerprint density at radius 1 is 1.03 bits per heavy atom. The second-order valence-electron chi connectivity index (χ2n) is 8.43. The number of amides is 1. The Morgan fingerprint density at radius 3 is 2.32 bits per heavy atom. The number of hydrogen-bond donors (Lipinski definition) is 1. The topological polar surface area (TPSA) is 102 Å². The molecule has 0 aromatic heterocycles. The number of nitrogens with one attached hydrogen (secondary N) is 1. The average Bonchev–Trinajstić information content (AvgIpc) is 3.35. The first kappa shape index (κ1) is 24.3. The molecule has 0 unspecified atom stereocenters. The quantitative estimate of drug-likeness (QED) is 0.599. The van der Waals surface area contributed by atoms with Crippen molar-refractivity contribution in [3.05, 3.63) is 59.9 Å². The molecule has 1 heterocycles. The van der Waals surface area contributed by atoms with E-state index >= 15 is 0 Å². The fourth-order valence-electron chi connectivity index (χ4n) is 4.52. The van der Waals surface area contributed by atoms with Crippen LogP contribution in [-0.4, -0.2) is 57.5 Å². The van der Waals surface area contributed by atoms with Gasteiger partial charge < -0.3 is 14.8 Å². The average molecular weight is 491 g/mol. The molecule has 8 nitrogen and oxygen atoms in total. The van der Waals surface area contributed by atoms with Crippen molar-refractivity contribution in [1.29, 1.82) is 0 Å². The number of nitrogens with zero attached hydrogens (tertiary/aromatic N) is 1. The van der Waals surface area contributed by atoms with E-state index in [4.69, 9.17) is 9.47 Å². The van der Waals surface area contributed by atoms with Crippen LogP contribution in [-0.2, 0) is 34.5 Å². The van der Waals surface area contributed by atoms with Gasteiger partial charge in [-0.25, -0.2) is 12.8 Å². The maximum Gasteiger partial charge on any atom is 0.317 e. The second-order valence-corrected chi connectivity index (χ2v) is 10.4. The van der Waals surface area contributed by atoms with Crippen molar-refractivity contribution in [1.82, 2.24) is 4.31 Å². The molecule has 2 aromatic rings. The number of carbonyl (C=O) groups is 2. The van der Waals surface area contributed by atoms with Gasteiger partial charge in [0.1, 0.15) is 5.82 Å². The first-order chi connectivity index (χ1) is 16.3. The number of sulfonamides is 1. The van der Waals surface area contributed by atoms with Crippen LogP contribution in [0.2, 0.25) is 0 Å². The van der Waals surface area contributed by atoms with Gasteiger partial charge in [0.2, 0.25) is 10.0 Å². The summed E-state index contributed by atoms with van der Waals surface area (Å²) >= 11 is 0. The standard InChI is InChI=1S/C24H27FN2O6S/c25-21-6-2-1-5-20(21)24(11-3-4-12-24)23(29)33-17-22(28)26-18-7-9-19(10-8-18)34(30,31)27-13-15-32-16-14-27/h1-2,5-10H,3-4,11-17H2,(H,26,28). The minimum absolute atomic E-state index is 0.117. The minimum atomic E-state index is -3.63. The van der Waals surface area contributed by atoms with Gasteiger partial charge in [-0.15, -0.1) is 0 Å². The van der Waals surface area contributed by atoms with Crippen LogP contribution in [0.5, 0.6) is 0 Å². The highest BCUT2D eigenvalue weighted by Crippen LogP contribution is 2.43. The molecular weight excluding hydrogens is 463 g/mol. The van der Waals surface area contributed by atoms with Crippen molar-refractivity contribution >= 4 is 27.6 Å². The Bertz CT molecular complexity index is 1140. The Hall–Kier alpha value is -2.82. The van der Waals surface area contributed by atoms with Gasteiger partial charge in [0, 0.05) is 24.3 Å². The molecule has 1 aliphatic carbocycles. The minimum Gasteiger partial charge on any atom is -0.455 e. The predicted octanol–water partition coefficient (Wildman–Crippen LogP) is 2.84. The van der Waals surface area contributed by atoms with E-state index in [0.29, 0.717) is 50.4 Å². The number of esters is 1. The maximum absolute atomic E-state index is 14.4. The lowest BCUT2D eigenvalue weighted by Gasteiger charge is -2.27. The summed E-state index contributed by atoms with van der Waals surface area (Å²) in [6, 6.07) is 11.9. The van der Waals surface area contributed by atoms with E-state index in [9.17, 15) is 22.4 Å². The molecule has 0 bridgehead atoms. The summed E-state index contributed by atoms with van der Waals surface area (Å²) in [5.41, 5.74) is -0.414. The third kappa shape index (κ3) is 4.98. The molecule has 2 aromatic carbocycles. The van der Waals surface area contributed by atoms with Crippen LogP contribution in [0, 0.1) is 5.82 Å². The summed E-state index contributed by atoms with van der Waals surface area (Å²) in [5.74, 6) is -1.64. The van der Waals surface area contributed by atoms with Crippen molar-refractivity contribution in [2.24, 2.45) is 0 Å². The van der Waals surface area contributed by atoms with Gasteiger partial charge in [-0.1, -0.05) is 31.0 Å². The third-order valence-electron chi connectivity index (χ3n) is 6.32. The number of halogens is 1. The van der Waals surface area contributed by atoms with Crippen LogP contribution >= 0.6 is 0 Å². The molecule has 1 aliphatic heterocycles. The second kappa shape index (κ2) is 10.2. The lowest BCUT2D eigenvalue weighted by atomic mass is 9.78. The van der Waals surface area contributed by atoms with Gasteiger partial charge in [-0.3, -0.25) is 9.59 Å². The van der Waals surface area contributed by atoms with E-state index in [1.807, 2.05) is 0 Å². The molecule has 1 saturated carbocycles. The zero-order valence-corrected chi connectivity index (χ0v) is 19.5.